The summed E-state index contributed by atoms with van der Waals surface area (Å²) in [6.45, 7) is 3.88. The van der Waals surface area contributed by atoms with Crippen molar-refractivity contribution in [1.82, 2.24) is 15.2 Å². The molecule has 0 amide bonds. The molecule has 1 N–H and O–H groups in total. The molecular weight excluding hydrogens is 200 g/mol. The lowest BCUT2D eigenvalue weighted by Gasteiger charge is -2.07. The third kappa shape index (κ3) is 2.00. The Hall–Kier alpha value is -1.97. The van der Waals surface area contributed by atoms with Crippen LogP contribution in [-0.4, -0.2) is 22.2 Å². The van der Waals surface area contributed by atoms with Crippen LogP contribution in [0.1, 0.15) is 11.4 Å². The zero-order valence-electron chi connectivity index (χ0n) is 9.65. The summed E-state index contributed by atoms with van der Waals surface area (Å²) >= 11 is 0. The molecule has 0 aliphatic rings. The van der Waals surface area contributed by atoms with Crippen LogP contribution in [0.25, 0.3) is 11.3 Å². The van der Waals surface area contributed by atoms with Crippen molar-refractivity contribution in [3.63, 3.8) is 0 Å². The van der Waals surface area contributed by atoms with Crippen LogP contribution in [0.2, 0.25) is 0 Å². The highest BCUT2D eigenvalue weighted by molar-refractivity contribution is 5.71. The summed E-state index contributed by atoms with van der Waals surface area (Å²) in [5.74, 6) is 1.43. The summed E-state index contributed by atoms with van der Waals surface area (Å²) < 4.78 is 0. The summed E-state index contributed by atoms with van der Waals surface area (Å²) in [5, 5.41) is 11.2. The standard InChI is InChI=1S/C12H14N4/c1-8-5-4-6-10(7-8)11-12(13-3)14-9(2)15-16-11/h4-7H,1-3H3,(H,13,14,15). The van der Waals surface area contributed by atoms with Gasteiger partial charge in [-0.15, -0.1) is 10.2 Å². The molecular formula is C12H14N4. The van der Waals surface area contributed by atoms with E-state index in [2.05, 4.69) is 39.6 Å². The molecule has 0 saturated carbocycles. The third-order valence-electron chi connectivity index (χ3n) is 2.32. The maximum Gasteiger partial charge on any atom is 0.156 e. The van der Waals surface area contributed by atoms with E-state index < -0.39 is 0 Å². The van der Waals surface area contributed by atoms with Gasteiger partial charge in [-0.05, 0) is 19.9 Å². The van der Waals surface area contributed by atoms with E-state index in [4.69, 9.17) is 0 Å². The Morgan fingerprint density at radius 1 is 1.12 bits per heavy atom. The Morgan fingerprint density at radius 3 is 2.62 bits per heavy atom. The average Bonchev–Trinajstić information content (AvgIpc) is 2.28. The van der Waals surface area contributed by atoms with Crippen molar-refractivity contribution >= 4 is 5.82 Å². The molecule has 16 heavy (non-hydrogen) atoms. The lowest BCUT2D eigenvalue weighted by molar-refractivity contribution is 0.916. The largest absolute Gasteiger partial charge is 0.371 e. The van der Waals surface area contributed by atoms with Crippen LogP contribution >= 0.6 is 0 Å². The number of benzene rings is 1. The van der Waals surface area contributed by atoms with Gasteiger partial charge in [0, 0.05) is 12.6 Å². The van der Waals surface area contributed by atoms with Crippen molar-refractivity contribution in [2.24, 2.45) is 0 Å². The number of hydrogen-bond donors (Lipinski definition) is 1. The van der Waals surface area contributed by atoms with Crippen LogP contribution in [0.4, 0.5) is 5.82 Å². The quantitative estimate of drug-likeness (QED) is 0.832. The first-order valence-corrected chi connectivity index (χ1v) is 5.17. The van der Waals surface area contributed by atoms with Crippen LogP contribution in [-0.2, 0) is 0 Å². The maximum absolute atomic E-state index is 4.31. The number of aryl methyl sites for hydroxylation is 2. The first kappa shape index (κ1) is 10.5. The fraction of sp³-hybridized carbons (Fsp3) is 0.250. The highest BCUT2D eigenvalue weighted by atomic mass is 15.2. The van der Waals surface area contributed by atoms with E-state index in [1.54, 1.807) is 0 Å². The van der Waals surface area contributed by atoms with Gasteiger partial charge in [0.1, 0.15) is 11.5 Å². The van der Waals surface area contributed by atoms with Gasteiger partial charge in [-0.3, -0.25) is 0 Å². The topological polar surface area (TPSA) is 50.7 Å². The first-order chi connectivity index (χ1) is 7.70. The van der Waals surface area contributed by atoms with E-state index in [1.807, 2.05) is 26.1 Å². The van der Waals surface area contributed by atoms with E-state index in [0.717, 1.165) is 17.1 Å². The first-order valence-electron chi connectivity index (χ1n) is 5.17. The molecule has 4 nitrogen and oxygen atoms in total. The predicted octanol–water partition coefficient (Wildman–Crippen LogP) is 2.20. The lowest BCUT2D eigenvalue weighted by atomic mass is 10.1. The minimum atomic E-state index is 0.667. The molecule has 2 aromatic rings. The molecule has 1 aromatic carbocycles. The molecule has 1 heterocycles. The molecule has 0 spiro atoms. The van der Waals surface area contributed by atoms with Gasteiger partial charge in [-0.1, -0.05) is 23.8 Å². The zero-order valence-corrected chi connectivity index (χ0v) is 9.65. The maximum atomic E-state index is 4.31. The second kappa shape index (κ2) is 4.26. The second-order valence-corrected chi connectivity index (χ2v) is 3.68. The fourth-order valence-electron chi connectivity index (χ4n) is 1.57. The van der Waals surface area contributed by atoms with Crippen molar-refractivity contribution in [2.45, 2.75) is 13.8 Å². The number of nitrogens with zero attached hydrogens (tertiary/aromatic N) is 3. The Labute approximate surface area is 94.8 Å². The van der Waals surface area contributed by atoms with Crippen LogP contribution in [0, 0.1) is 13.8 Å². The van der Waals surface area contributed by atoms with Crippen LogP contribution < -0.4 is 5.32 Å². The van der Waals surface area contributed by atoms with Gasteiger partial charge in [0.15, 0.2) is 5.82 Å². The zero-order chi connectivity index (χ0) is 11.5. The molecule has 0 aliphatic carbocycles. The van der Waals surface area contributed by atoms with E-state index in [1.165, 1.54) is 5.56 Å². The number of nitrogens with one attached hydrogen (secondary N) is 1. The minimum absolute atomic E-state index is 0.667. The molecule has 0 saturated heterocycles. The minimum Gasteiger partial charge on any atom is -0.371 e. The molecule has 0 radical (unpaired) electrons. The highest BCUT2D eigenvalue weighted by Crippen LogP contribution is 2.23. The summed E-state index contributed by atoms with van der Waals surface area (Å²) in [5.41, 5.74) is 3.02. The molecule has 82 valence electrons. The molecule has 0 unspecified atom stereocenters. The molecule has 4 heteroatoms. The van der Waals surface area contributed by atoms with Gasteiger partial charge in [-0.25, -0.2) is 4.98 Å². The molecule has 0 bridgehead atoms. The van der Waals surface area contributed by atoms with Gasteiger partial charge in [0.05, 0.1) is 0 Å². The van der Waals surface area contributed by atoms with Gasteiger partial charge >= 0.3 is 0 Å². The van der Waals surface area contributed by atoms with Crippen molar-refractivity contribution in [2.75, 3.05) is 12.4 Å². The van der Waals surface area contributed by atoms with Crippen molar-refractivity contribution in [3.8, 4) is 11.3 Å². The lowest BCUT2D eigenvalue weighted by Crippen LogP contribution is -2.02. The van der Waals surface area contributed by atoms with E-state index >= 15 is 0 Å². The SMILES string of the molecule is CNc1nc(C)nnc1-c1cccc(C)c1. The van der Waals surface area contributed by atoms with Crippen molar-refractivity contribution in [3.05, 3.63) is 35.7 Å². The third-order valence-corrected chi connectivity index (χ3v) is 2.32. The van der Waals surface area contributed by atoms with Crippen molar-refractivity contribution < 1.29 is 0 Å². The summed E-state index contributed by atoms with van der Waals surface area (Å²) in [7, 11) is 1.84. The molecule has 0 fully saturated rings. The molecule has 1 aromatic heterocycles. The number of hydrogen-bond acceptors (Lipinski definition) is 4. The Morgan fingerprint density at radius 2 is 1.94 bits per heavy atom. The normalized spacial score (nSPS) is 10.2. The van der Waals surface area contributed by atoms with Gasteiger partial charge in [0.2, 0.25) is 0 Å². The number of aromatic nitrogens is 3. The Kier molecular flexibility index (Phi) is 2.81. The summed E-state index contributed by atoms with van der Waals surface area (Å²) in [4.78, 5) is 4.31. The number of rotatable bonds is 2. The van der Waals surface area contributed by atoms with Gasteiger partial charge < -0.3 is 5.32 Å². The predicted molar refractivity (Wildman–Crippen MR) is 64.3 cm³/mol. The van der Waals surface area contributed by atoms with Crippen molar-refractivity contribution in [1.29, 1.82) is 0 Å². The van der Waals surface area contributed by atoms with Crippen LogP contribution in [0.5, 0.6) is 0 Å². The van der Waals surface area contributed by atoms with E-state index in [0.29, 0.717) is 5.82 Å². The molecule has 0 aliphatic heterocycles. The van der Waals surface area contributed by atoms with Gasteiger partial charge in [0.25, 0.3) is 0 Å². The Bertz CT molecular complexity index is 508. The van der Waals surface area contributed by atoms with E-state index in [-0.39, 0.29) is 0 Å². The molecule has 2 rings (SSSR count). The number of anilines is 1. The van der Waals surface area contributed by atoms with Crippen LogP contribution in [0.3, 0.4) is 0 Å². The Balaban J connectivity index is 2.55. The van der Waals surface area contributed by atoms with E-state index in [9.17, 15) is 0 Å². The highest BCUT2D eigenvalue weighted by Gasteiger charge is 2.08. The summed E-state index contributed by atoms with van der Waals surface area (Å²) in [6, 6.07) is 8.14. The summed E-state index contributed by atoms with van der Waals surface area (Å²) in [6.07, 6.45) is 0. The average molecular weight is 214 g/mol. The molecule has 0 atom stereocenters. The fourth-order valence-corrected chi connectivity index (χ4v) is 1.57. The smallest absolute Gasteiger partial charge is 0.156 e. The van der Waals surface area contributed by atoms with Gasteiger partial charge in [-0.2, -0.15) is 0 Å². The second-order valence-electron chi connectivity index (χ2n) is 3.68. The van der Waals surface area contributed by atoms with Crippen LogP contribution in [0.15, 0.2) is 24.3 Å². The monoisotopic (exact) mass is 214 g/mol.